The minimum Gasteiger partial charge on any atom is -0.351 e. The third kappa shape index (κ3) is 3.11. The number of halogens is 1. The van der Waals surface area contributed by atoms with Crippen LogP contribution in [-0.2, 0) is 13.5 Å². The Morgan fingerprint density at radius 2 is 2.21 bits per heavy atom. The lowest BCUT2D eigenvalue weighted by Crippen LogP contribution is -2.37. The Bertz CT molecular complexity index is 450. The molecule has 1 aromatic heterocycles. The second-order valence-corrected chi connectivity index (χ2v) is 5.81. The van der Waals surface area contributed by atoms with Gasteiger partial charge in [0.05, 0.1) is 11.3 Å². The number of hydrogen-bond donors (Lipinski definition) is 1. The first-order valence-corrected chi connectivity index (χ1v) is 7.50. The molecule has 1 aliphatic carbocycles. The highest BCUT2D eigenvalue weighted by molar-refractivity contribution is 6.18. The number of alkyl halides is 1. The number of aryl methyl sites for hydroxylation is 2. The van der Waals surface area contributed by atoms with Crippen molar-refractivity contribution in [3.05, 3.63) is 17.5 Å². The Kier molecular flexibility index (Phi) is 4.50. The molecule has 1 fully saturated rings. The number of nitrogens with one attached hydrogen (secondary N) is 1. The molecule has 0 aliphatic heterocycles. The Balaban J connectivity index is 2.01. The van der Waals surface area contributed by atoms with E-state index in [1.807, 2.05) is 14.0 Å². The van der Waals surface area contributed by atoms with Gasteiger partial charge in [-0.25, -0.2) is 0 Å². The number of amides is 1. The smallest absolute Gasteiger partial charge is 0.254 e. The lowest BCUT2D eigenvalue weighted by molar-refractivity contribution is 0.0934. The van der Waals surface area contributed by atoms with Gasteiger partial charge in [0.25, 0.3) is 5.91 Å². The molecule has 2 rings (SSSR count). The summed E-state index contributed by atoms with van der Waals surface area (Å²) in [6, 6.07) is 0. The molecule has 19 heavy (non-hydrogen) atoms. The molecular formula is C14H22ClN3O. The average molecular weight is 284 g/mol. The third-order valence-corrected chi connectivity index (χ3v) is 4.62. The van der Waals surface area contributed by atoms with Gasteiger partial charge in [0.15, 0.2) is 0 Å². The fraction of sp³-hybridized carbons (Fsp3) is 0.714. The van der Waals surface area contributed by atoms with Crippen LogP contribution in [0.3, 0.4) is 0 Å². The fourth-order valence-electron chi connectivity index (χ4n) is 2.83. The average Bonchev–Trinajstić information content (AvgIpc) is 3.03. The predicted octanol–water partition coefficient (Wildman–Crippen LogP) is 2.51. The summed E-state index contributed by atoms with van der Waals surface area (Å²) in [5.74, 6) is 0.599. The van der Waals surface area contributed by atoms with Crippen LogP contribution in [0.25, 0.3) is 0 Å². The van der Waals surface area contributed by atoms with Crippen molar-refractivity contribution in [2.24, 2.45) is 12.5 Å². The number of rotatable bonds is 5. The van der Waals surface area contributed by atoms with Crippen LogP contribution in [0.1, 0.15) is 48.7 Å². The van der Waals surface area contributed by atoms with Gasteiger partial charge in [-0.05, 0) is 19.3 Å². The summed E-state index contributed by atoms with van der Waals surface area (Å²) >= 11 is 6.09. The molecule has 1 aliphatic rings. The molecule has 0 unspecified atom stereocenters. The van der Waals surface area contributed by atoms with Gasteiger partial charge in [-0.1, -0.05) is 19.8 Å². The Labute approximate surface area is 119 Å². The van der Waals surface area contributed by atoms with Crippen LogP contribution in [0.4, 0.5) is 0 Å². The largest absolute Gasteiger partial charge is 0.351 e. The summed E-state index contributed by atoms with van der Waals surface area (Å²) < 4.78 is 1.70. The molecule has 1 heterocycles. The van der Waals surface area contributed by atoms with Crippen LogP contribution in [0.2, 0.25) is 0 Å². The van der Waals surface area contributed by atoms with Gasteiger partial charge in [-0.15, -0.1) is 11.6 Å². The van der Waals surface area contributed by atoms with Crippen LogP contribution in [-0.4, -0.2) is 28.1 Å². The normalized spacial score (nSPS) is 17.6. The number of aromatic nitrogens is 2. The lowest BCUT2D eigenvalue weighted by Gasteiger charge is -2.26. The van der Waals surface area contributed by atoms with Crippen molar-refractivity contribution in [1.82, 2.24) is 15.1 Å². The standard InChI is InChI=1S/C14H22ClN3O/c1-3-12-11(8-18(2)17-12)13(19)16-10-14(9-15)6-4-5-7-14/h8H,3-7,9-10H2,1-2H3,(H,16,19). The molecule has 0 bridgehead atoms. The van der Waals surface area contributed by atoms with E-state index in [1.54, 1.807) is 10.9 Å². The van der Waals surface area contributed by atoms with Gasteiger partial charge < -0.3 is 5.32 Å². The number of nitrogens with zero attached hydrogens (tertiary/aromatic N) is 2. The summed E-state index contributed by atoms with van der Waals surface area (Å²) in [5.41, 5.74) is 1.64. The predicted molar refractivity (Wildman–Crippen MR) is 76.5 cm³/mol. The zero-order valence-corrected chi connectivity index (χ0v) is 12.5. The topological polar surface area (TPSA) is 46.9 Å². The van der Waals surface area contributed by atoms with E-state index in [0.29, 0.717) is 18.0 Å². The first-order chi connectivity index (χ1) is 9.10. The minimum absolute atomic E-state index is 0.0265. The van der Waals surface area contributed by atoms with E-state index >= 15 is 0 Å². The zero-order chi connectivity index (χ0) is 13.9. The number of carbonyl (C=O) groups is 1. The first kappa shape index (κ1) is 14.4. The maximum Gasteiger partial charge on any atom is 0.254 e. The summed E-state index contributed by atoms with van der Waals surface area (Å²) in [7, 11) is 1.84. The maximum absolute atomic E-state index is 12.2. The summed E-state index contributed by atoms with van der Waals surface area (Å²) in [4.78, 5) is 12.2. The molecule has 0 aromatic carbocycles. The van der Waals surface area contributed by atoms with Gasteiger partial charge in [0, 0.05) is 31.1 Å². The molecule has 1 aromatic rings. The van der Waals surface area contributed by atoms with E-state index in [-0.39, 0.29) is 11.3 Å². The van der Waals surface area contributed by atoms with Gasteiger partial charge in [0.1, 0.15) is 0 Å². The quantitative estimate of drug-likeness (QED) is 0.844. The first-order valence-electron chi connectivity index (χ1n) is 6.97. The second-order valence-electron chi connectivity index (χ2n) is 5.54. The summed E-state index contributed by atoms with van der Waals surface area (Å²) in [5, 5.41) is 7.34. The van der Waals surface area contributed by atoms with Crippen molar-refractivity contribution in [3.8, 4) is 0 Å². The van der Waals surface area contributed by atoms with E-state index in [0.717, 1.165) is 25.0 Å². The highest BCUT2D eigenvalue weighted by Crippen LogP contribution is 2.38. The van der Waals surface area contributed by atoms with E-state index in [1.165, 1.54) is 12.8 Å². The van der Waals surface area contributed by atoms with Crippen LogP contribution >= 0.6 is 11.6 Å². The summed E-state index contributed by atoms with van der Waals surface area (Å²) in [6.45, 7) is 2.68. The molecule has 1 amide bonds. The molecule has 4 nitrogen and oxygen atoms in total. The summed E-state index contributed by atoms with van der Waals surface area (Å²) in [6.07, 6.45) is 7.22. The second kappa shape index (κ2) is 5.95. The van der Waals surface area contributed by atoms with E-state index < -0.39 is 0 Å². The van der Waals surface area contributed by atoms with Crippen molar-refractivity contribution in [2.75, 3.05) is 12.4 Å². The van der Waals surface area contributed by atoms with Crippen LogP contribution in [0.15, 0.2) is 6.20 Å². The van der Waals surface area contributed by atoms with Crippen molar-refractivity contribution in [3.63, 3.8) is 0 Å². The molecule has 0 saturated heterocycles. The van der Waals surface area contributed by atoms with Gasteiger partial charge in [-0.2, -0.15) is 5.10 Å². The van der Waals surface area contributed by atoms with Gasteiger partial charge in [-0.3, -0.25) is 9.48 Å². The van der Waals surface area contributed by atoms with Crippen LogP contribution in [0.5, 0.6) is 0 Å². The van der Waals surface area contributed by atoms with E-state index in [4.69, 9.17) is 11.6 Å². The van der Waals surface area contributed by atoms with E-state index in [2.05, 4.69) is 10.4 Å². The van der Waals surface area contributed by atoms with E-state index in [9.17, 15) is 4.79 Å². The molecule has 5 heteroatoms. The van der Waals surface area contributed by atoms with Crippen LogP contribution in [0, 0.1) is 5.41 Å². The molecule has 106 valence electrons. The number of carbonyl (C=O) groups excluding carboxylic acids is 1. The van der Waals surface area contributed by atoms with Crippen molar-refractivity contribution in [1.29, 1.82) is 0 Å². The van der Waals surface area contributed by atoms with Gasteiger partial charge >= 0.3 is 0 Å². The highest BCUT2D eigenvalue weighted by atomic mass is 35.5. The van der Waals surface area contributed by atoms with Crippen molar-refractivity contribution < 1.29 is 4.79 Å². The lowest BCUT2D eigenvalue weighted by atomic mass is 9.88. The Morgan fingerprint density at radius 1 is 1.53 bits per heavy atom. The molecule has 0 atom stereocenters. The van der Waals surface area contributed by atoms with Gasteiger partial charge in [0.2, 0.25) is 0 Å². The monoisotopic (exact) mass is 283 g/mol. The third-order valence-electron chi connectivity index (χ3n) is 4.06. The van der Waals surface area contributed by atoms with Crippen LogP contribution < -0.4 is 5.32 Å². The Hall–Kier alpha value is -1.03. The highest BCUT2D eigenvalue weighted by Gasteiger charge is 2.33. The maximum atomic E-state index is 12.2. The molecule has 1 saturated carbocycles. The Morgan fingerprint density at radius 3 is 2.79 bits per heavy atom. The SMILES string of the molecule is CCc1nn(C)cc1C(=O)NCC1(CCl)CCCC1. The molecule has 0 radical (unpaired) electrons. The van der Waals surface area contributed by atoms with Crippen molar-refractivity contribution in [2.45, 2.75) is 39.0 Å². The molecule has 0 spiro atoms. The van der Waals surface area contributed by atoms with Crippen molar-refractivity contribution >= 4 is 17.5 Å². The molecular weight excluding hydrogens is 262 g/mol. The zero-order valence-electron chi connectivity index (χ0n) is 11.7. The molecule has 1 N–H and O–H groups in total. The minimum atomic E-state index is -0.0265. The fourth-order valence-corrected chi connectivity index (χ4v) is 3.19. The number of hydrogen-bond acceptors (Lipinski definition) is 2.